The Morgan fingerprint density at radius 1 is 1.35 bits per heavy atom. The number of nitrogens with zero attached hydrogens (tertiary/aromatic N) is 6. The molecule has 0 aliphatic carbocycles. The molecule has 1 saturated heterocycles. The number of aromatic nitrogens is 4. The van der Waals surface area contributed by atoms with Crippen LogP contribution in [0.5, 0.6) is 0 Å². The van der Waals surface area contributed by atoms with E-state index in [1.54, 1.807) is 16.8 Å². The predicted octanol–water partition coefficient (Wildman–Crippen LogP) is 0.768. The van der Waals surface area contributed by atoms with Gasteiger partial charge in [-0.15, -0.1) is 10.2 Å². The number of anilines is 2. The Morgan fingerprint density at radius 3 is 2.73 bits per heavy atom. The van der Waals surface area contributed by atoms with Crippen molar-refractivity contribution in [2.45, 2.75) is 33.2 Å². The number of aryl methyl sites for hydroxylation is 2. The van der Waals surface area contributed by atoms with E-state index in [2.05, 4.69) is 20.6 Å². The van der Waals surface area contributed by atoms with Crippen LogP contribution in [0.1, 0.15) is 29.8 Å². The topological polar surface area (TPSA) is 96.2 Å². The van der Waals surface area contributed by atoms with Crippen molar-refractivity contribution in [1.82, 2.24) is 25.3 Å². The molecule has 1 aliphatic heterocycles. The molecule has 3 rings (SSSR count). The van der Waals surface area contributed by atoms with Gasteiger partial charge in [0.1, 0.15) is 0 Å². The van der Waals surface area contributed by atoms with Gasteiger partial charge in [-0.25, -0.2) is 0 Å². The van der Waals surface area contributed by atoms with Crippen LogP contribution in [0.2, 0.25) is 0 Å². The standard InChI is InChI=1S/C16H23N7O2S/c1-10-12(11(2)22(4)20-10)8-17-13(24)9-21(3)15-18-19-16(26-15)23-7-5-6-14(23)25/h5-9H2,1-4H3,(H,17,24). The van der Waals surface area contributed by atoms with E-state index in [-0.39, 0.29) is 18.4 Å². The number of nitrogens with one attached hydrogen (secondary N) is 1. The maximum absolute atomic E-state index is 12.3. The third-order valence-electron chi connectivity index (χ3n) is 4.54. The molecule has 2 amide bonds. The van der Waals surface area contributed by atoms with Crippen LogP contribution < -0.4 is 15.1 Å². The summed E-state index contributed by atoms with van der Waals surface area (Å²) in [6.45, 7) is 5.21. The van der Waals surface area contributed by atoms with Gasteiger partial charge in [0, 0.05) is 44.9 Å². The molecule has 26 heavy (non-hydrogen) atoms. The first kappa shape index (κ1) is 18.3. The molecule has 140 valence electrons. The van der Waals surface area contributed by atoms with Crippen LogP contribution in [0.25, 0.3) is 0 Å². The molecule has 1 N–H and O–H groups in total. The van der Waals surface area contributed by atoms with Gasteiger partial charge in [-0.3, -0.25) is 19.2 Å². The molecule has 2 aromatic rings. The highest BCUT2D eigenvalue weighted by atomic mass is 32.1. The van der Waals surface area contributed by atoms with E-state index in [9.17, 15) is 9.59 Å². The van der Waals surface area contributed by atoms with Crippen molar-refractivity contribution in [3.8, 4) is 0 Å². The summed E-state index contributed by atoms with van der Waals surface area (Å²) in [6, 6.07) is 0. The van der Waals surface area contributed by atoms with Crippen LogP contribution in [0.15, 0.2) is 0 Å². The van der Waals surface area contributed by atoms with Crippen molar-refractivity contribution >= 4 is 33.4 Å². The Morgan fingerprint density at radius 2 is 2.12 bits per heavy atom. The quantitative estimate of drug-likeness (QED) is 0.799. The summed E-state index contributed by atoms with van der Waals surface area (Å²) in [7, 11) is 3.68. The lowest BCUT2D eigenvalue weighted by molar-refractivity contribution is -0.120. The van der Waals surface area contributed by atoms with Crippen LogP contribution in [0, 0.1) is 13.8 Å². The van der Waals surface area contributed by atoms with Crippen LogP contribution in [-0.2, 0) is 23.2 Å². The third-order valence-corrected chi connectivity index (χ3v) is 5.60. The predicted molar refractivity (Wildman–Crippen MR) is 99.3 cm³/mol. The van der Waals surface area contributed by atoms with E-state index in [0.29, 0.717) is 29.8 Å². The maximum Gasteiger partial charge on any atom is 0.239 e. The van der Waals surface area contributed by atoms with E-state index < -0.39 is 0 Å². The van der Waals surface area contributed by atoms with E-state index >= 15 is 0 Å². The molecule has 0 aromatic carbocycles. The van der Waals surface area contributed by atoms with Gasteiger partial charge in [0.25, 0.3) is 0 Å². The fourth-order valence-corrected chi connectivity index (χ4v) is 3.77. The fourth-order valence-electron chi connectivity index (χ4n) is 2.92. The lowest BCUT2D eigenvalue weighted by Gasteiger charge is -2.15. The molecule has 1 aliphatic rings. The molecule has 0 bridgehead atoms. The first-order valence-electron chi connectivity index (χ1n) is 8.47. The molecule has 9 nitrogen and oxygen atoms in total. The number of carbonyl (C=O) groups is 2. The van der Waals surface area contributed by atoms with Gasteiger partial charge in [0.2, 0.25) is 22.1 Å². The number of amides is 2. The second kappa shape index (κ2) is 7.40. The average molecular weight is 377 g/mol. The van der Waals surface area contributed by atoms with Gasteiger partial charge >= 0.3 is 0 Å². The molecule has 10 heteroatoms. The summed E-state index contributed by atoms with van der Waals surface area (Å²) in [5.41, 5.74) is 3.00. The number of rotatable bonds is 6. The first-order chi connectivity index (χ1) is 12.4. The zero-order valence-electron chi connectivity index (χ0n) is 15.4. The van der Waals surface area contributed by atoms with Gasteiger partial charge in [0.05, 0.1) is 12.2 Å². The van der Waals surface area contributed by atoms with Gasteiger partial charge < -0.3 is 10.2 Å². The highest BCUT2D eigenvalue weighted by molar-refractivity contribution is 7.19. The zero-order valence-corrected chi connectivity index (χ0v) is 16.3. The van der Waals surface area contributed by atoms with Gasteiger partial charge in [-0.2, -0.15) is 5.10 Å². The molecule has 3 heterocycles. The Labute approximate surface area is 156 Å². The number of likely N-dealkylation sites (N-methyl/N-ethyl adjacent to an activating group) is 1. The molecule has 2 aromatic heterocycles. The summed E-state index contributed by atoms with van der Waals surface area (Å²) in [6.07, 6.45) is 1.40. The number of hydrogen-bond acceptors (Lipinski definition) is 7. The van der Waals surface area contributed by atoms with Crippen LogP contribution in [0.3, 0.4) is 0 Å². The normalized spacial score (nSPS) is 14.2. The molecule has 0 radical (unpaired) electrons. The van der Waals surface area contributed by atoms with Crippen molar-refractivity contribution in [2.24, 2.45) is 7.05 Å². The molecule has 1 fully saturated rings. The van der Waals surface area contributed by atoms with E-state index in [4.69, 9.17) is 0 Å². The van der Waals surface area contributed by atoms with E-state index in [1.807, 2.05) is 25.6 Å². The number of hydrogen-bond donors (Lipinski definition) is 1. The number of carbonyl (C=O) groups excluding carboxylic acids is 2. The van der Waals surface area contributed by atoms with Crippen molar-refractivity contribution in [3.63, 3.8) is 0 Å². The molecular weight excluding hydrogens is 354 g/mol. The fraction of sp³-hybridized carbons (Fsp3) is 0.562. The van der Waals surface area contributed by atoms with Crippen LogP contribution in [0.4, 0.5) is 10.3 Å². The van der Waals surface area contributed by atoms with Crippen LogP contribution in [-0.4, -0.2) is 51.9 Å². The second-order valence-electron chi connectivity index (χ2n) is 6.42. The smallest absolute Gasteiger partial charge is 0.239 e. The summed E-state index contributed by atoms with van der Waals surface area (Å²) < 4.78 is 1.81. The SMILES string of the molecule is Cc1nn(C)c(C)c1CNC(=O)CN(C)c1nnc(N2CCCC2=O)s1. The average Bonchev–Trinajstić information content (AvgIpc) is 3.27. The summed E-state index contributed by atoms with van der Waals surface area (Å²) in [4.78, 5) is 27.4. The lowest BCUT2D eigenvalue weighted by Crippen LogP contribution is -2.35. The largest absolute Gasteiger partial charge is 0.350 e. The molecule has 0 spiro atoms. The summed E-state index contributed by atoms with van der Waals surface area (Å²) >= 11 is 1.32. The second-order valence-corrected chi connectivity index (χ2v) is 7.36. The molecular formula is C16H23N7O2S. The molecule has 0 unspecified atom stereocenters. The van der Waals surface area contributed by atoms with Crippen molar-refractivity contribution < 1.29 is 9.59 Å². The van der Waals surface area contributed by atoms with Crippen molar-refractivity contribution in [2.75, 3.05) is 29.9 Å². The summed E-state index contributed by atoms with van der Waals surface area (Å²) in [5.74, 6) is -0.0283. The van der Waals surface area contributed by atoms with E-state index in [1.165, 1.54) is 11.3 Å². The van der Waals surface area contributed by atoms with Gasteiger partial charge in [-0.1, -0.05) is 11.3 Å². The summed E-state index contributed by atoms with van der Waals surface area (Å²) in [5, 5.41) is 16.7. The Kier molecular flexibility index (Phi) is 5.21. The van der Waals surface area contributed by atoms with Crippen molar-refractivity contribution in [1.29, 1.82) is 0 Å². The Hall–Kier alpha value is -2.49. The maximum atomic E-state index is 12.3. The zero-order chi connectivity index (χ0) is 18.8. The monoisotopic (exact) mass is 377 g/mol. The molecule has 0 saturated carbocycles. The minimum absolute atomic E-state index is 0.0790. The van der Waals surface area contributed by atoms with Gasteiger partial charge in [0.15, 0.2) is 0 Å². The van der Waals surface area contributed by atoms with Crippen molar-refractivity contribution in [3.05, 3.63) is 17.0 Å². The first-order valence-corrected chi connectivity index (χ1v) is 9.29. The van der Waals surface area contributed by atoms with Crippen LogP contribution >= 0.6 is 11.3 Å². The van der Waals surface area contributed by atoms with Gasteiger partial charge in [-0.05, 0) is 20.3 Å². The highest BCUT2D eigenvalue weighted by Crippen LogP contribution is 2.29. The third kappa shape index (κ3) is 3.69. The minimum atomic E-state index is -0.107. The Balaban J connectivity index is 1.56. The molecule has 0 atom stereocenters. The minimum Gasteiger partial charge on any atom is -0.350 e. The Bertz CT molecular complexity index is 829. The highest BCUT2D eigenvalue weighted by Gasteiger charge is 2.25. The van der Waals surface area contributed by atoms with E-state index in [0.717, 1.165) is 23.4 Å². The lowest BCUT2D eigenvalue weighted by atomic mass is 10.2.